The third kappa shape index (κ3) is 3.96. The van der Waals surface area contributed by atoms with Crippen LogP contribution in [0, 0.1) is 0 Å². The predicted octanol–water partition coefficient (Wildman–Crippen LogP) is 15.1. The van der Waals surface area contributed by atoms with Gasteiger partial charge in [-0.25, -0.2) is 0 Å². The van der Waals surface area contributed by atoms with E-state index in [4.69, 9.17) is 4.42 Å². The van der Waals surface area contributed by atoms with Gasteiger partial charge < -0.3 is 4.42 Å². The lowest BCUT2D eigenvalue weighted by molar-refractivity contribution is 0.670. The van der Waals surface area contributed by atoms with Crippen molar-refractivity contribution in [2.75, 3.05) is 0 Å². The molecule has 9 aromatic carbocycles. The van der Waals surface area contributed by atoms with Crippen LogP contribution in [0.15, 0.2) is 162 Å². The fourth-order valence-corrected chi connectivity index (χ4v) is 10.6. The summed E-state index contributed by atoms with van der Waals surface area (Å²) < 4.78 is 12.3. The van der Waals surface area contributed by atoms with E-state index in [9.17, 15) is 0 Å². The molecule has 0 radical (unpaired) electrons. The summed E-state index contributed by atoms with van der Waals surface area (Å²) in [6.45, 7) is 0. The Morgan fingerprint density at radius 3 is 1.39 bits per heavy atom. The number of hydrogen-bond donors (Lipinski definition) is 0. The predicted molar refractivity (Wildman–Crippen MR) is 223 cm³/mol. The van der Waals surface area contributed by atoms with Crippen molar-refractivity contribution in [3.63, 3.8) is 0 Å². The highest BCUT2D eigenvalue weighted by molar-refractivity contribution is 7.26. The zero-order chi connectivity index (χ0) is 33.2. The monoisotopic (exact) mass is 682 g/mol. The summed E-state index contributed by atoms with van der Waals surface area (Å²) in [6, 6.07) is 58.3. The molecule has 0 atom stereocenters. The van der Waals surface area contributed by atoms with E-state index in [1.807, 2.05) is 22.7 Å². The van der Waals surface area contributed by atoms with Crippen molar-refractivity contribution in [1.82, 2.24) is 0 Å². The van der Waals surface area contributed by atoms with Crippen molar-refractivity contribution in [3.8, 4) is 22.3 Å². The molecule has 0 fully saturated rings. The number of furan rings is 1. The van der Waals surface area contributed by atoms with Crippen molar-refractivity contribution in [2.24, 2.45) is 0 Å². The van der Waals surface area contributed by atoms with Gasteiger partial charge in [-0.2, -0.15) is 0 Å². The van der Waals surface area contributed by atoms with E-state index in [1.165, 1.54) is 89.4 Å². The Kier molecular flexibility index (Phi) is 5.59. The molecule has 0 amide bonds. The van der Waals surface area contributed by atoms with E-state index >= 15 is 0 Å². The van der Waals surface area contributed by atoms with Gasteiger partial charge in [0, 0.05) is 56.7 Å². The number of hydrogen-bond acceptors (Lipinski definition) is 3. The van der Waals surface area contributed by atoms with Crippen LogP contribution in [0.1, 0.15) is 0 Å². The molecule has 0 bridgehead atoms. The lowest BCUT2D eigenvalue weighted by Gasteiger charge is -2.10. The molecular weight excluding hydrogens is 657 g/mol. The smallest absolute Gasteiger partial charge is 0.143 e. The molecule has 236 valence electrons. The Morgan fingerprint density at radius 1 is 0.294 bits per heavy atom. The number of thiophene rings is 2. The van der Waals surface area contributed by atoms with Crippen LogP contribution in [0.3, 0.4) is 0 Å². The molecule has 0 unspecified atom stereocenters. The standard InChI is InChI=1S/C48H26OS2/c1-3-11-32-30(9-1)31-10-2-4-12-33(31)38-26-43-39(25-37(32)38)42-24-29(27-17-19-46-40(21-27)34-13-5-7-15-44(34)50-46)23-36(48(42)49-43)28-18-20-47-41(22-28)35-14-6-8-16-45(35)51-47/h1-26H. The van der Waals surface area contributed by atoms with Gasteiger partial charge in [0.05, 0.1) is 0 Å². The Morgan fingerprint density at radius 2 is 0.765 bits per heavy atom. The van der Waals surface area contributed by atoms with Gasteiger partial charge in [0.25, 0.3) is 0 Å². The van der Waals surface area contributed by atoms with Gasteiger partial charge in [0.2, 0.25) is 0 Å². The zero-order valence-corrected chi connectivity index (χ0v) is 28.9. The maximum absolute atomic E-state index is 7.00. The molecule has 1 nitrogen and oxygen atoms in total. The Bertz CT molecular complexity index is 3430. The highest BCUT2D eigenvalue weighted by atomic mass is 32.1. The summed E-state index contributed by atoms with van der Waals surface area (Å²) in [5, 5.41) is 15.0. The van der Waals surface area contributed by atoms with E-state index in [2.05, 4.69) is 158 Å². The molecule has 51 heavy (non-hydrogen) atoms. The van der Waals surface area contributed by atoms with Crippen LogP contribution in [0.4, 0.5) is 0 Å². The van der Waals surface area contributed by atoms with Gasteiger partial charge in [-0.05, 0) is 110 Å². The van der Waals surface area contributed by atoms with E-state index in [0.717, 1.165) is 27.5 Å². The van der Waals surface area contributed by atoms with Gasteiger partial charge in [0.1, 0.15) is 11.2 Å². The zero-order valence-electron chi connectivity index (χ0n) is 27.2. The first-order valence-electron chi connectivity index (χ1n) is 17.3. The summed E-state index contributed by atoms with van der Waals surface area (Å²) in [7, 11) is 0. The molecule has 0 N–H and O–H groups in total. The second kappa shape index (κ2) is 10.3. The summed E-state index contributed by atoms with van der Waals surface area (Å²) in [5.41, 5.74) is 6.53. The second-order valence-corrected chi connectivity index (χ2v) is 15.8. The Balaban J connectivity index is 1.20. The van der Waals surface area contributed by atoms with E-state index in [1.54, 1.807) is 0 Å². The highest BCUT2D eigenvalue weighted by Gasteiger charge is 2.19. The van der Waals surface area contributed by atoms with Crippen molar-refractivity contribution >= 4 is 117 Å². The summed E-state index contributed by atoms with van der Waals surface area (Å²) in [5.74, 6) is 0. The number of benzene rings is 9. The van der Waals surface area contributed by atoms with Crippen LogP contribution >= 0.6 is 22.7 Å². The van der Waals surface area contributed by atoms with Crippen molar-refractivity contribution in [3.05, 3.63) is 158 Å². The maximum atomic E-state index is 7.00. The molecule has 3 aromatic heterocycles. The summed E-state index contributed by atoms with van der Waals surface area (Å²) >= 11 is 3.72. The van der Waals surface area contributed by atoms with Gasteiger partial charge in [-0.1, -0.05) is 97.1 Å². The van der Waals surface area contributed by atoms with Gasteiger partial charge in [0.15, 0.2) is 0 Å². The molecule has 0 aliphatic rings. The normalized spacial score (nSPS) is 12.3. The fourth-order valence-electron chi connectivity index (χ4n) is 8.46. The van der Waals surface area contributed by atoms with Crippen LogP contribution < -0.4 is 0 Å². The molecule has 0 spiro atoms. The number of fused-ring (bicyclic) bond motifs is 15. The van der Waals surface area contributed by atoms with Crippen LogP contribution in [-0.2, 0) is 0 Å². The molecule has 0 aliphatic heterocycles. The fraction of sp³-hybridized carbons (Fsp3) is 0. The van der Waals surface area contributed by atoms with Crippen LogP contribution in [0.5, 0.6) is 0 Å². The lowest BCUT2D eigenvalue weighted by Crippen LogP contribution is -1.85. The van der Waals surface area contributed by atoms with E-state index in [0.29, 0.717) is 0 Å². The SMILES string of the molecule is c1ccc2c(c1)sc1ccc(-c3cc(-c4ccc5sc6ccccc6c5c4)c4oc5cc6c7ccccc7c7ccccc7c6cc5c4c3)cc12. The van der Waals surface area contributed by atoms with Gasteiger partial charge in [-0.3, -0.25) is 0 Å². The first-order chi connectivity index (χ1) is 25.2. The molecule has 0 aliphatic carbocycles. The topological polar surface area (TPSA) is 13.1 Å². The van der Waals surface area contributed by atoms with Gasteiger partial charge >= 0.3 is 0 Å². The quantitative estimate of drug-likeness (QED) is 0.165. The van der Waals surface area contributed by atoms with Crippen molar-refractivity contribution in [1.29, 1.82) is 0 Å². The van der Waals surface area contributed by atoms with E-state index in [-0.39, 0.29) is 0 Å². The average molecular weight is 683 g/mol. The minimum atomic E-state index is 0.915. The third-order valence-electron chi connectivity index (χ3n) is 10.8. The van der Waals surface area contributed by atoms with Crippen LogP contribution in [-0.4, -0.2) is 0 Å². The molecule has 3 heterocycles. The Labute approximate surface area is 300 Å². The molecular formula is C48H26OS2. The Hall–Kier alpha value is -6.00. The van der Waals surface area contributed by atoms with Crippen molar-refractivity contribution < 1.29 is 4.42 Å². The first kappa shape index (κ1) is 27.8. The maximum Gasteiger partial charge on any atom is 0.143 e. The van der Waals surface area contributed by atoms with Crippen molar-refractivity contribution in [2.45, 2.75) is 0 Å². The molecule has 0 saturated heterocycles. The highest BCUT2D eigenvalue weighted by Crippen LogP contribution is 2.46. The summed E-state index contributed by atoms with van der Waals surface area (Å²) in [4.78, 5) is 0. The largest absolute Gasteiger partial charge is 0.455 e. The lowest BCUT2D eigenvalue weighted by atomic mass is 9.92. The molecule has 0 saturated carbocycles. The second-order valence-electron chi connectivity index (χ2n) is 13.6. The minimum Gasteiger partial charge on any atom is -0.455 e. The van der Waals surface area contributed by atoms with E-state index < -0.39 is 0 Å². The van der Waals surface area contributed by atoms with Crippen LogP contribution in [0.2, 0.25) is 0 Å². The molecule has 12 rings (SSSR count). The number of rotatable bonds is 2. The molecule has 3 heteroatoms. The molecule has 12 aromatic rings. The first-order valence-corrected chi connectivity index (χ1v) is 19.0. The van der Waals surface area contributed by atoms with Gasteiger partial charge in [-0.15, -0.1) is 22.7 Å². The summed E-state index contributed by atoms with van der Waals surface area (Å²) in [6.07, 6.45) is 0. The average Bonchev–Trinajstić information content (AvgIpc) is 3.87. The third-order valence-corrected chi connectivity index (χ3v) is 13.1. The van der Waals surface area contributed by atoms with Crippen LogP contribution in [0.25, 0.3) is 117 Å². The minimum absolute atomic E-state index is 0.915.